The molecular weight excluding hydrogens is 633 g/mol. The monoisotopic (exact) mass is 664 g/mol. The molecule has 3 heterocycles. The van der Waals surface area contributed by atoms with Gasteiger partial charge in [0.1, 0.15) is 0 Å². The second-order valence-electron chi connectivity index (χ2n) is 13.6. The molecule has 1 aliphatic heterocycles. The van der Waals surface area contributed by atoms with Crippen LogP contribution in [0.3, 0.4) is 0 Å². The molecule has 11 rings (SSSR count). The molecule has 2 aromatic heterocycles. The lowest BCUT2D eigenvalue weighted by atomic mass is 9.97. The second-order valence-corrected chi connectivity index (χ2v) is 13.6. The zero-order valence-corrected chi connectivity index (χ0v) is 28.2. The van der Waals surface area contributed by atoms with Crippen molar-refractivity contribution in [3.63, 3.8) is 0 Å². The third-order valence-electron chi connectivity index (χ3n) is 10.7. The molecule has 1 N–H and O–H groups in total. The molecule has 1 atom stereocenters. The maximum atomic E-state index is 5.48. The number of aromatic nitrogens is 2. The minimum atomic E-state index is -0.331. The van der Waals surface area contributed by atoms with Crippen molar-refractivity contribution in [1.82, 2.24) is 9.13 Å². The summed E-state index contributed by atoms with van der Waals surface area (Å²) in [4.78, 5) is 5.48. The molecule has 1 aliphatic rings. The molecule has 0 bridgehead atoms. The van der Waals surface area contributed by atoms with E-state index in [0.717, 1.165) is 39.2 Å². The molecule has 0 spiro atoms. The molecule has 244 valence electrons. The van der Waals surface area contributed by atoms with Crippen LogP contribution in [0.1, 0.15) is 17.4 Å². The van der Waals surface area contributed by atoms with Crippen LogP contribution in [-0.2, 0) is 0 Å². The number of fused-ring (bicyclic) bond motifs is 8. The van der Waals surface area contributed by atoms with Crippen LogP contribution >= 0.6 is 0 Å². The Morgan fingerprint density at radius 3 is 1.94 bits per heavy atom. The number of benzene rings is 8. The van der Waals surface area contributed by atoms with Gasteiger partial charge in [0.15, 0.2) is 0 Å². The predicted molar refractivity (Wildman–Crippen MR) is 218 cm³/mol. The first-order valence-corrected chi connectivity index (χ1v) is 17.8. The van der Waals surface area contributed by atoms with E-state index in [1.165, 1.54) is 54.5 Å². The highest BCUT2D eigenvalue weighted by Crippen LogP contribution is 2.40. The number of hydrogen-bond donors (Lipinski definition) is 1. The quantitative estimate of drug-likeness (QED) is 0.200. The number of anilines is 1. The first kappa shape index (κ1) is 28.9. The van der Waals surface area contributed by atoms with Crippen molar-refractivity contribution >= 4 is 65.8 Å². The second kappa shape index (κ2) is 11.3. The molecule has 1 unspecified atom stereocenters. The summed E-state index contributed by atoms with van der Waals surface area (Å²) in [5.74, 6) is 0. The van der Waals surface area contributed by atoms with Gasteiger partial charge in [-0.15, -0.1) is 0 Å². The Labute approximate surface area is 300 Å². The fourth-order valence-electron chi connectivity index (χ4n) is 8.32. The fraction of sp³-hybridized carbons (Fsp3) is 0.0208. The Morgan fingerprint density at radius 2 is 1.06 bits per heavy atom. The van der Waals surface area contributed by atoms with Gasteiger partial charge < -0.3 is 14.5 Å². The third kappa shape index (κ3) is 4.38. The van der Waals surface area contributed by atoms with Gasteiger partial charge in [0, 0.05) is 44.0 Å². The summed E-state index contributed by atoms with van der Waals surface area (Å²) in [7, 11) is 0. The molecule has 52 heavy (non-hydrogen) atoms. The lowest BCUT2D eigenvalue weighted by Crippen LogP contribution is -2.24. The third-order valence-corrected chi connectivity index (χ3v) is 10.7. The van der Waals surface area contributed by atoms with Gasteiger partial charge in [-0.25, -0.2) is 4.99 Å². The van der Waals surface area contributed by atoms with Crippen LogP contribution in [0.15, 0.2) is 187 Å². The molecule has 8 aromatic carbocycles. The molecule has 0 radical (unpaired) electrons. The molecule has 0 saturated carbocycles. The van der Waals surface area contributed by atoms with Gasteiger partial charge in [0.05, 0.1) is 27.8 Å². The summed E-state index contributed by atoms with van der Waals surface area (Å²) < 4.78 is 4.75. The molecule has 0 fully saturated rings. The summed E-state index contributed by atoms with van der Waals surface area (Å²) in [6, 6.07) is 65.6. The summed E-state index contributed by atoms with van der Waals surface area (Å²) in [6.45, 7) is 0. The summed E-state index contributed by atoms with van der Waals surface area (Å²) in [6.07, 6.45) is -0.331. The molecule has 0 amide bonds. The van der Waals surface area contributed by atoms with Crippen LogP contribution in [0.2, 0.25) is 0 Å². The Bertz CT molecular complexity index is 3050. The van der Waals surface area contributed by atoms with Crippen molar-refractivity contribution in [2.45, 2.75) is 6.29 Å². The maximum absolute atomic E-state index is 5.48. The van der Waals surface area contributed by atoms with Crippen molar-refractivity contribution in [3.05, 3.63) is 193 Å². The zero-order chi connectivity index (χ0) is 34.2. The van der Waals surface area contributed by atoms with Gasteiger partial charge in [0.25, 0.3) is 0 Å². The highest BCUT2D eigenvalue weighted by Gasteiger charge is 2.25. The molecule has 4 heteroatoms. The largest absolute Gasteiger partial charge is 0.346 e. The number of nitrogens with one attached hydrogen (secondary N) is 1. The minimum Gasteiger partial charge on any atom is -0.346 e. The SMILES string of the molecule is c1ccc(-n2c3ccccc3c3ccc(-c4ccc5c(c4)c4ccccc4n5C4N=C(c5ccc6ccccc6c5)c5ccccc5N4)cc32)cc1. The van der Waals surface area contributed by atoms with Gasteiger partial charge in [-0.1, -0.05) is 127 Å². The molecule has 0 saturated heterocycles. The summed E-state index contributed by atoms with van der Waals surface area (Å²) in [5, 5.41) is 11.2. The van der Waals surface area contributed by atoms with Crippen LogP contribution in [0, 0.1) is 0 Å². The van der Waals surface area contributed by atoms with Gasteiger partial charge in [-0.05, 0) is 76.5 Å². The Balaban J connectivity index is 1.09. The number of rotatable bonds is 4. The van der Waals surface area contributed by atoms with Crippen LogP contribution < -0.4 is 5.32 Å². The lowest BCUT2D eigenvalue weighted by molar-refractivity contribution is 0.624. The van der Waals surface area contributed by atoms with Crippen LogP contribution in [0.4, 0.5) is 5.69 Å². The van der Waals surface area contributed by atoms with E-state index >= 15 is 0 Å². The van der Waals surface area contributed by atoms with E-state index in [2.05, 4.69) is 196 Å². The van der Waals surface area contributed by atoms with E-state index in [-0.39, 0.29) is 6.29 Å². The smallest absolute Gasteiger partial charge is 0.201 e. The lowest BCUT2D eigenvalue weighted by Gasteiger charge is -2.28. The number of aliphatic imine (C=N–C) groups is 1. The maximum Gasteiger partial charge on any atom is 0.201 e. The predicted octanol–water partition coefficient (Wildman–Crippen LogP) is 12.1. The highest BCUT2D eigenvalue weighted by molar-refractivity contribution is 6.18. The first-order chi connectivity index (χ1) is 25.8. The molecule has 4 nitrogen and oxygen atoms in total. The number of hydrogen-bond acceptors (Lipinski definition) is 2. The zero-order valence-electron chi connectivity index (χ0n) is 28.2. The normalized spacial score (nSPS) is 14.2. The van der Waals surface area contributed by atoms with Gasteiger partial charge in [-0.2, -0.15) is 0 Å². The topological polar surface area (TPSA) is 34.2 Å². The van der Waals surface area contributed by atoms with E-state index in [4.69, 9.17) is 4.99 Å². The molecule has 10 aromatic rings. The van der Waals surface area contributed by atoms with Crippen LogP contribution in [-0.4, -0.2) is 14.8 Å². The van der Waals surface area contributed by atoms with Crippen molar-refractivity contribution in [1.29, 1.82) is 0 Å². The van der Waals surface area contributed by atoms with Crippen molar-refractivity contribution in [2.24, 2.45) is 4.99 Å². The van der Waals surface area contributed by atoms with E-state index in [9.17, 15) is 0 Å². The van der Waals surface area contributed by atoms with Gasteiger partial charge >= 0.3 is 0 Å². The van der Waals surface area contributed by atoms with E-state index < -0.39 is 0 Å². The standard InChI is InChI=1S/C48H32N4/c1-2-14-36(15-3-1)51-43-20-10-7-16-37(43)39-26-24-34(30-46(39)51)33-25-27-45-41(29-33)38-17-8-11-21-44(38)52(45)48-49-42-19-9-6-18-40(42)47(50-48)35-23-22-31-12-4-5-13-32(31)28-35/h1-30,48-49H. The average Bonchev–Trinajstić information content (AvgIpc) is 3.73. The van der Waals surface area contributed by atoms with Gasteiger partial charge in [0.2, 0.25) is 6.29 Å². The Hall–Kier alpha value is -6.91. The molecular formula is C48H32N4. The van der Waals surface area contributed by atoms with E-state index in [1.54, 1.807) is 0 Å². The first-order valence-electron chi connectivity index (χ1n) is 17.8. The fourth-order valence-corrected chi connectivity index (χ4v) is 8.32. The van der Waals surface area contributed by atoms with Gasteiger partial charge in [-0.3, -0.25) is 0 Å². The van der Waals surface area contributed by atoms with Crippen molar-refractivity contribution < 1.29 is 0 Å². The van der Waals surface area contributed by atoms with Crippen molar-refractivity contribution in [3.8, 4) is 16.8 Å². The van der Waals surface area contributed by atoms with Crippen LogP contribution in [0.5, 0.6) is 0 Å². The van der Waals surface area contributed by atoms with E-state index in [0.29, 0.717) is 0 Å². The van der Waals surface area contributed by atoms with E-state index in [1.807, 2.05) is 0 Å². The number of para-hydroxylation sites is 4. The van der Waals surface area contributed by atoms with Crippen LogP contribution in [0.25, 0.3) is 71.2 Å². The summed E-state index contributed by atoms with van der Waals surface area (Å²) in [5.41, 5.74) is 12.5. The Kier molecular flexibility index (Phi) is 6.28. The number of nitrogens with zero attached hydrogens (tertiary/aromatic N) is 3. The van der Waals surface area contributed by atoms with Crippen molar-refractivity contribution in [2.75, 3.05) is 5.32 Å². The Morgan fingerprint density at radius 1 is 0.423 bits per heavy atom. The average molecular weight is 665 g/mol. The highest BCUT2D eigenvalue weighted by atomic mass is 15.3. The molecule has 0 aliphatic carbocycles. The minimum absolute atomic E-state index is 0.331. The summed E-state index contributed by atoms with van der Waals surface area (Å²) >= 11 is 0.